The van der Waals surface area contributed by atoms with Crippen LogP contribution in [0.3, 0.4) is 0 Å². The van der Waals surface area contributed by atoms with Crippen LogP contribution in [0.4, 0.5) is 0 Å². The number of carbonyl (C=O) groups is 3. The van der Waals surface area contributed by atoms with Crippen LogP contribution in [0.1, 0.15) is 102 Å². The number of rotatable bonds is 16. The van der Waals surface area contributed by atoms with E-state index >= 15 is 0 Å². The van der Waals surface area contributed by atoms with Crippen molar-refractivity contribution in [2.45, 2.75) is 111 Å². The summed E-state index contributed by atoms with van der Waals surface area (Å²) in [6.07, 6.45) is 0.503. The molecule has 0 aromatic heterocycles. The summed E-state index contributed by atoms with van der Waals surface area (Å²) in [5, 5.41) is 36.7. The zero-order valence-corrected chi connectivity index (χ0v) is 35.1. The first-order valence-electron chi connectivity index (χ1n) is 18.7. The first-order valence-corrected chi connectivity index (χ1v) is 21.6. The molecule has 0 saturated carbocycles. The Bertz CT molecular complexity index is 1560. The summed E-state index contributed by atoms with van der Waals surface area (Å²) in [7, 11) is -3.87. The summed E-state index contributed by atoms with van der Waals surface area (Å²) in [4.78, 5) is 32.4. The van der Waals surface area contributed by atoms with E-state index in [9.17, 15) is 19.6 Å². The van der Waals surface area contributed by atoms with E-state index in [4.69, 9.17) is 47.7 Å². The summed E-state index contributed by atoms with van der Waals surface area (Å²) in [5.41, 5.74) is 4.76. The predicted octanol–water partition coefficient (Wildman–Crippen LogP) is 4.06. The average molecular weight is 791 g/mol. The minimum atomic E-state index is -1.74. The molecule has 2 aromatic rings. The molecule has 55 heavy (non-hydrogen) atoms. The highest BCUT2D eigenvalue weighted by molar-refractivity contribution is 6.74. The fourth-order valence-corrected chi connectivity index (χ4v) is 6.81. The fourth-order valence-electron chi connectivity index (χ4n) is 5.72. The number of aryl methyl sites for hydroxylation is 2. The third kappa shape index (κ3) is 14.9. The second-order valence-electron chi connectivity index (χ2n) is 14.7. The van der Waals surface area contributed by atoms with Gasteiger partial charge < -0.3 is 52.9 Å². The third-order valence-corrected chi connectivity index (χ3v) is 13.8. The van der Waals surface area contributed by atoms with Crippen molar-refractivity contribution in [3.63, 3.8) is 0 Å². The topological polar surface area (TPSA) is 197 Å². The van der Waals surface area contributed by atoms with Crippen molar-refractivity contribution >= 4 is 51.4 Å². The molecule has 0 saturated heterocycles. The summed E-state index contributed by atoms with van der Waals surface area (Å²) in [6, 6.07) is 7.28. The second kappa shape index (κ2) is 22.3. The average Bonchev–Trinajstić information content (AvgIpc) is 3.55. The van der Waals surface area contributed by atoms with E-state index in [1.54, 1.807) is 26.0 Å². The number of esters is 2. The van der Waals surface area contributed by atoms with Gasteiger partial charge in [-0.15, -0.1) is 0 Å². The maximum Gasteiger partial charge on any atom is 0.492 e. The molecule has 0 spiro atoms. The number of fused-ring (bicyclic) bond motifs is 2. The molecule has 0 aliphatic carbocycles. The monoisotopic (exact) mass is 790 g/mol. The number of aliphatic carboxylic acids is 1. The Morgan fingerprint density at radius 2 is 1.16 bits per heavy atom. The van der Waals surface area contributed by atoms with Crippen molar-refractivity contribution in [3.8, 4) is 11.5 Å². The number of hydrogen-bond acceptors (Lipinski definition) is 13. The quantitative estimate of drug-likeness (QED) is 0.108. The SMILES string of the molecule is CC(=O)O.CCOC(=O)CC1OB(O)c2cc(OCCCO)cc(C)c21.CCOC(=O)CC1OB(O)c2cc(OCCCO[Si](C)(C)C(C)(C)C)cc(C)c21. The smallest absolute Gasteiger partial charge is 0.492 e. The van der Waals surface area contributed by atoms with Crippen molar-refractivity contribution in [3.05, 3.63) is 46.5 Å². The van der Waals surface area contributed by atoms with E-state index in [1.165, 1.54) is 0 Å². The Balaban J connectivity index is 0.000000356. The lowest BCUT2D eigenvalue weighted by atomic mass is 9.77. The van der Waals surface area contributed by atoms with E-state index in [0.717, 1.165) is 35.6 Å². The van der Waals surface area contributed by atoms with Gasteiger partial charge in [0, 0.05) is 33.0 Å². The van der Waals surface area contributed by atoms with E-state index < -0.39 is 40.7 Å². The van der Waals surface area contributed by atoms with Crippen LogP contribution in [0.15, 0.2) is 24.3 Å². The lowest BCUT2D eigenvalue weighted by Gasteiger charge is -2.36. The van der Waals surface area contributed by atoms with Crippen LogP contribution < -0.4 is 20.4 Å². The van der Waals surface area contributed by atoms with Gasteiger partial charge in [-0.2, -0.15) is 0 Å². The van der Waals surface area contributed by atoms with Crippen molar-refractivity contribution in [1.82, 2.24) is 0 Å². The van der Waals surface area contributed by atoms with E-state index in [2.05, 4.69) is 33.9 Å². The molecule has 2 unspecified atom stereocenters. The van der Waals surface area contributed by atoms with Crippen molar-refractivity contribution in [2.24, 2.45) is 0 Å². The van der Waals surface area contributed by atoms with Crippen molar-refractivity contribution in [2.75, 3.05) is 39.6 Å². The fraction of sp³-hybridized carbons (Fsp3) is 0.605. The predicted molar refractivity (Wildman–Crippen MR) is 211 cm³/mol. The number of hydrogen-bond donors (Lipinski definition) is 4. The lowest BCUT2D eigenvalue weighted by molar-refractivity contribution is -0.146. The van der Waals surface area contributed by atoms with Gasteiger partial charge in [-0.3, -0.25) is 14.4 Å². The first-order chi connectivity index (χ1) is 25.8. The zero-order valence-electron chi connectivity index (χ0n) is 34.1. The molecule has 2 heterocycles. The first kappa shape index (κ1) is 47.7. The molecule has 2 aliphatic heterocycles. The van der Waals surface area contributed by atoms with Gasteiger partial charge in [0.25, 0.3) is 5.97 Å². The van der Waals surface area contributed by atoms with Crippen LogP contribution in [-0.4, -0.2) is 100 Å². The summed E-state index contributed by atoms with van der Waals surface area (Å²) < 4.78 is 38.6. The summed E-state index contributed by atoms with van der Waals surface area (Å²) >= 11 is 0. The van der Waals surface area contributed by atoms with Gasteiger partial charge in [0.05, 0.1) is 51.5 Å². The number of carboxylic acids is 1. The minimum Gasteiger partial charge on any atom is -0.494 e. The maximum absolute atomic E-state index is 11.8. The van der Waals surface area contributed by atoms with Gasteiger partial charge in [-0.1, -0.05) is 20.8 Å². The van der Waals surface area contributed by atoms with E-state index in [-0.39, 0.29) is 36.4 Å². The van der Waals surface area contributed by atoms with Crippen LogP contribution >= 0.6 is 0 Å². The molecule has 0 radical (unpaired) electrons. The molecule has 0 amide bonds. The number of carbonyl (C=O) groups excluding carboxylic acids is 2. The second-order valence-corrected chi connectivity index (χ2v) is 19.5. The molecule has 0 bridgehead atoms. The Kier molecular flexibility index (Phi) is 19.4. The van der Waals surface area contributed by atoms with Crippen LogP contribution in [0.5, 0.6) is 11.5 Å². The third-order valence-electron chi connectivity index (χ3n) is 9.26. The van der Waals surface area contributed by atoms with Gasteiger partial charge in [-0.05, 0) is 103 Å². The zero-order chi connectivity index (χ0) is 41.5. The molecule has 2 aliphatic rings. The molecule has 2 aromatic carbocycles. The highest BCUT2D eigenvalue weighted by Gasteiger charge is 2.40. The maximum atomic E-state index is 11.8. The van der Waals surface area contributed by atoms with E-state index in [1.807, 2.05) is 26.0 Å². The Labute approximate surface area is 327 Å². The normalized spacial score (nSPS) is 15.9. The molecule has 306 valence electrons. The summed E-state index contributed by atoms with van der Waals surface area (Å²) in [6.45, 7) is 21.9. The van der Waals surface area contributed by atoms with Crippen LogP contribution in [-0.2, 0) is 37.6 Å². The van der Waals surface area contributed by atoms with Crippen LogP contribution in [0.2, 0.25) is 18.1 Å². The number of aliphatic hydroxyl groups excluding tert-OH is 1. The molecular weight excluding hydrogens is 730 g/mol. The largest absolute Gasteiger partial charge is 0.494 e. The van der Waals surface area contributed by atoms with Crippen LogP contribution in [0.25, 0.3) is 0 Å². The standard InChI is InChI=1S/C21H35BO6Si.C15H21BO6.C2H4O2/c1-8-25-19(23)14-18-20-15(2)12-16(13-17(20)22(24)28-18)26-10-9-11-27-29(6,7)21(3,4)5;1-3-20-14(18)9-13-15-10(2)7-11(21-6-4-5-17)8-12(15)16(19)22-13;1-2(3)4/h12-13,18,24H,8-11,14H2,1-7H3;7-8,13,17,19H,3-6,9H2,1-2H3;1H3,(H,3,4). The van der Waals surface area contributed by atoms with Gasteiger partial charge in [0.1, 0.15) is 11.5 Å². The van der Waals surface area contributed by atoms with Crippen LogP contribution in [0, 0.1) is 13.8 Å². The highest BCUT2D eigenvalue weighted by Crippen LogP contribution is 2.37. The van der Waals surface area contributed by atoms with Gasteiger partial charge >= 0.3 is 26.2 Å². The van der Waals surface area contributed by atoms with E-state index in [0.29, 0.717) is 61.9 Å². The van der Waals surface area contributed by atoms with Crippen molar-refractivity contribution < 1.29 is 67.3 Å². The number of benzene rings is 2. The molecule has 17 heteroatoms. The number of aliphatic hydroxyl groups is 1. The molecule has 2 atom stereocenters. The van der Waals surface area contributed by atoms with Crippen molar-refractivity contribution in [1.29, 1.82) is 0 Å². The molecule has 0 fully saturated rings. The Hall–Kier alpha value is -3.44. The van der Waals surface area contributed by atoms with Gasteiger partial charge in [0.15, 0.2) is 8.32 Å². The van der Waals surface area contributed by atoms with Gasteiger partial charge in [-0.25, -0.2) is 0 Å². The lowest BCUT2D eigenvalue weighted by Crippen LogP contribution is -2.41. The number of carboxylic acid groups (broad SMARTS) is 1. The molecular formula is C38H60B2O14Si. The Morgan fingerprint density at radius 3 is 1.53 bits per heavy atom. The Morgan fingerprint density at radius 1 is 0.764 bits per heavy atom. The molecule has 4 N–H and O–H groups in total. The highest BCUT2D eigenvalue weighted by atomic mass is 28.4. The molecule has 14 nitrogen and oxygen atoms in total. The molecule has 4 rings (SSSR count). The number of ether oxygens (including phenoxy) is 4. The minimum absolute atomic E-state index is 0.0667. The van der Waals surface area contributed by atoms with Gasteiger partial charge in [0.2, 0.25) is 0 Å². The summed E-state index contributed by atoms with van der Waals surface area (Å²) in [5.74, 6) is -0.216.